The van der Waals surface area contributed by atoms with E-state index in [4.69, 9.17) is 10.4 Å². The monoisotopic (exact) mass is 252 g/mol. The van der Waals surface area contributed by atoms with Gasteiger partial charge >= 0.3 is 0 Å². The first-order valence-electron chi connectivity index (χ1n) is 6.24. The van der Waals surface area contributed by atoms with Crippen molar-refractivity contribution in [2.45, 2.75) is 6.04 Å². The van der Waals surface area contributed by atoms with Crippen molar-refractivity contribution in [3.05, 3.63) is 60.2 Å². The van der Waals surface area contributed by atoms with Crippen LogP contribution in [-0.4, -0.2) is 18.3 Å². The third-order valence-corrected chi connectivity index (χ3v) is 2.94. The third-order valence-electron chi connectivity index (χ3n) is 2.94. The van der Waals surface area contributed by atoms with E-state index in [0.29, 0.717) is 6.54 Å². The molecule has 0 heterocycles. The highest BCUT2D eigenvalue weighted by Gasteiger charge is 2.09. The lowest BCUT2D eigenvalue weighted by Gasteiger charge is -2.11. The molecule has 0 radical (unpaired) electrons. The lowest BCUT2D eigenvalue weighted by molar-refractivity contribution is 0.289. The summed E-state index contributed by atoms with van der Waals surface area (Å²) in [5.41, 5.74) is 3.20. The second-order valence-corrected chi connectivity index (χ2v) is 4.23. The molecule has 1 atom stereocenters. The number of nitrogens with zero attached hydrogens (tertiary/aromatic N) is 1. The van der Waals surface area contributed by atoms with E-state index < -0.39 is 0 Å². The Morgan fingerprint density at radius 2 is 1.63 bits per heavy atom. The first-order valence-corrected chi connectivity index (χ1v) is 6.24. The number of nitriles is 1. The zero-order valence-corrected chi connectivity index (χ0v) is 10.6. The Labute approximate surface area is 113 Å². The quantitative estimate of drug-likeness (QED) is 0.859. The van der Waals surface area contributed by atoms with Crippen molar-refractivity contribution < 1.29 is 5.11 Å². The first-order chi connectivity index (χ1) is 9.35. The number of nitrogens with one attached hydrogen (secondary N) is 1. The normalized spacial score (nSPS) is 11.8. The highest BCUT2D eigenvalue weighted by atomic mass is 16.3. The van der Waals surface area contributed by atoms with Crippen molar-refractivity contribution in [3.63, 3.8) is 0 Å². The molecule has 0 aliphatic carbocycles. The Kier molecular flexibility index (Phi) is 4.68. The fraction of sp³-hybridized carbons (Fsp3) is 0.188. The highest BCUT2D eigenvalue weighted by Crippen LogP contribution is 2.21. The van der Waals surface area contributed by atoms with Crippen LogP contribution in [0.1, 0.15) is 11.6 Å². The predicted molar refractivity (Wildman–Crippen MR) is 75.3 cm³/mol. The van der Waals surface area contributed by atoms with Crippen LogP contribution in [0, 0.1) is 11.3 Å². The van der Waals surface area contributed by atoms with Crippen molar-refractivity contribution >= 4 is 0 Å². The van der Waals surface area contributed by atoms with E-state index in [9.17, 15) is 0 Å². The van der Waals surface area contributed by atoms with Gasteiger partial charge in [0.25, 0.3) is 0 Å². The fourth-order valence-electron chi connectivity index (χ4n) is 1.95. The van der Waals surface area contributed by atoms with Gasteiger partial charge < -0.3 is 5.11 Å². The van der Waals surface area contributed by atoms with Gasteiger partial charge in [0.2, 0.25) is 0 Å². The Hall–Kier alpha value is -2.15. The van der Waals surface area contributed by atoms with E-state index in [1.807, 2.05) is 42.5 Å². The van der Waals surface area contributed by atoms with Crippen LogP contribution in [0.3, 0.4) is 0 Å². The maximum Gasteiger partial charge on any atom is 0.121 e. The van der Waals surface area contributed by atoms with Crippen molar-refractivity contribution in [2.75, 3.05) is 13.2 Å². The minimum Gasteiger partial charge on any atom is -0.395 e. The summed E-state index contributed by atoms with van der Waals surface area (Å²) in [6, 6.07) is 19.8. The maximum atomic E-state index is 9.10. The van der Waals surface area contributed by atoms with E-state index in [1.165, 1.54) is 0 Å². The van der Waals surface area contributed by atoms with Gasteiger partial charge in [-0.3, -0.25) is 5.32 Å². The number of rotatable bonds is 5. The van der Waals surface area contributed by atoms with Crippen LogP contribution in [0.15, 0.2) is 54.6 Å². The van der Waals surface area contributed by atoms with E-state index >= 15 is 0 Å². The zero-order chi connectivity index (χ0) is 13.5. The van der Waals surface area contributed by atoms with Crippen molar-refractivity contribution in [1.82, 2.24) is 5.32 Å². The maximum absolute atomic E-state index is 9.10. The molecule has 2 N–H and O–H groups in total. The predicted octanol–water partition coefficient (Wildman–Crippen LogP) is 2.50. The molecule has 3 heteroatoms. The van der Waals surface area contributed by atoms with Crippen LogP contribution in [0.2, 0.25) is 0 Å². The minimum absolute atomic E-state index is 0.0281. The molecule has 0 saturated heterocycles. The molecule has 1 unspecified atom stereocenters. The van der Waals surface area contributed by atoms with E-state index in [-0.39, 0.29) is 12.6 Å². The zero-order valence-electron chi connectivity index (χ0n) is 10.6. The SMILES string of the molecule is N#CC(NCCO)c1ccc(-c2ccccc2)cc1. The molecule has 0 spiro atoms. The molecule has 2 aromatic rings. The molecular weight excluding hydrogens is 236 g/mol. The Balaban J connectivity index is 2.16. The van der Waals surface area contributed by atoms with Gasteiger partial charge in [-0.1, -0.05) is 54.6 Å². The third kappa shape index (κ3) is 3.41. The molecule has 2 aromatic carbocycles. The van der Waals surface area contributed by atoms with Gasteiger partial charge in [-0.2, -0.15) is 5.26 Å². The summed E-state index contributed by atoms with van der Waals surface area (Å²) in [6.07, 6.45) is 0. The molecule has 3 nitrogen and oxygen atoms in total. The van der Waals surface area contributed by atoms with Gasteiger partial charge in [-0.05, 0) is 16.7 Å². The van der Waals surface area contributed by atoms with Gasteiger partial charge in [-0.25, -0.2) is 0 Å². The van der Waals surface area contributed by atoms with Crippen molar-refractivity contribution in [1.29, 1.82) is 5.26 Å². The molecule has 2 rings (SSSR count). The molecule has 0 aliphatic rings. The number of hydrogen-bond donors (Lipinski definition) is 2. The van der Waals surface area contributed by atoms with E-state index in [1.54, 1.807) is 0 Å². The van der Waals surface area contributed by atoms with Gasteiger partial charge in [0.1, 0.15) is 6.04 Å². The fourth-order valence-corrected chi connectivity index (χ4v) is 1.95. The summed E-state index contributed by atoms with van der Waals surface area (Å²) in [7, 11) is 0. The van der Waals surface area contributed by atoms with Crippen LogP contribution >= 0.6 is 0 Å². The molecule has 0 amide bonds. The Morgan fingerprint density at radius 3 is 2.21 bits per heavy atom. The Morgan fingerprint density at radius 1 is 1.00 bits per heavy atom. The standard InChI is InChI=1S/C16H16N2O/c17-12-16(18-10-11-19)15-8-6-14(7-9-15)13-4-2-1-3-5-13/h1-9,16,18-19H,10-11H2. The summed E-state index contributed by atoms with van der Waals surface area (Å²) < 4.78 is 0. The van der Waals surface area contributed by atoms with Gasteiger partial charge in [0.15, 0.2) is 0 Å². The van der Waals surface area contributed by atoms with Crippen LogP contribution in [0.4, 0.5) is 0 Å². The average molecular weight is 252 g/mol. The number of aliphatic hydroxyl groups excluding tert-OH is 1. The van der Waals surface area contributed by atoms with Crippen LogP contribution < -0.4 is 5.32 Å². The first kappa shape index (κ1) is 13.3. The summed E-state index contributed by atoms with van der Waals surface area (Å²) >= 11 is 0. The molecular formula is C16H16N2O. The number of aliphatic hydroxyl groups is 1. The van der Waals surface area contributed by atoms with Gasteiger partial charge in [-0.15, -0.1) is 0 Å². The number of hydrogen-bond acceptors (Lipinski definition) is 3. The van der Waals surface area contributed by atoms with Crippen molar-refractivity contribution in [2.24, 2.45) is 0 Å². The second-order valence-electron chi connectivity index (χ2n) is 4.23. The molecule has 0 aromatic heterocycles. The minimum atomic E-state index is -0.378. The molecule has 0 bridgehead atoms. The van der Waals surface area contributed by atoms with Gasteiger partial charge in [0, 0.05) is 6.54 Å². The van der Waals surface area contributed by atoms with Gasteiger partial charge in [0.05, 0.1) is 12.7 Å². The summed E-state index contributed by atoms with van der Waals surface area (Å²) in [5, 5.41) is 20.9. The van der Waals surface area contributed by atoms with Crippen LogP contribution in [0.5, 0.6) is 0 Å². The topological polar surface area (TPSA) is 56.0 Å². The lowest BCUT2D eigenvalue weighted by Crippen LogP contribution is -2.23. The second kappa shape index (κ2) is 6.69. The molecule has 0 aliphatic heterocycles. The molecule has 0 saturated carbocycles. The highest BCUT2D eigenvalue weighted by molar-refractivity contribution is 5.63. The van der Waals surface area contributed by atoms with Crippen molar-refractivity contribution in [3.8, 4) is 17.2 Å². The van der Waals surface area contributed by atoms with Crippen LogP contribution in [-0.2, 0) is 0 Å². The largest absolute Gasteiger partial charge is 0.395 e. The lowest BCUT2D eigenvalue weighted by atomic mass is 10.0. The molecule has 19 heavy (non-hydrogen) atoms. The summed E-state index contributed by atoms with van der Waals surface area (Å²) in [4.78, 5) is 0. The van der Waals surface area contributed by atoms with E-state index in [2.05, 4.69) is 23.5 Å². The molecule has 96 valence electrons. The Bertz CT molecular complexity index is 543. The molecule has 0 fully saturated rings. The summed E-state index contributed by atoms with van der Waals surface area (Å²) in [5.74, 6) is 0. The summed E-state index contributed by atoms with van der Waals surface area (Å²) in [6.45, 7) is 0.443. The number of benzene rings is 2. The van der Waals surface area contributed by atoms with Crippen LogP contribution in [0.25, 0.3) is 11.1 Å². The average Bonchev–Trinajstić information content (AvgIpc) is 2.49. The smallest absolute Gasteiger partial charge is 0.121 e. The van der Waals surface area contributed by atoms with E-state index in [0.717, 1.165) is 16.7 Å².